The summed E-state index contributed by atoms with van der Waals surface area (Å²) >= 11 is 0. The molecule has 1 fully saturated rings. The molecule has 0 amide bonds. The molecule has 0 aromatic heterocycles. The Hall–Kier alpha value is -2.12. The number of hydrogen-bond acceptors (Lipinski definition) is 4. The van der Waals surface area contributed by atoms with Crippen LogP contribution in [0.5, 0.6) is 0 Å². The third-order valence-corrected chi connectivity index (χ3v) is 4.12. The van der Waals surface area contributed by atoms with E-state index < -0.39 is 5.41 Å². The molecule has 0 aliphatic carbocycles. The van der Waals surface area contributed by atoms with Crippen LogP contribution in [0.15, 0.2) is 29.8 Å². The number of Topliss-reactive ketones (excluding diaryl/α,β-unsaturated/α-hetero) is 1. The second kappa shape index (κ2) is 6.97. The summed E-state index contributed by atoms with van der Waals surface area (Å²) < 4.78 is 0. The number of piperazine rings is 1. The first-order valence-electron chi connectivity index (χ1n) is 8.01. The maximum atomic E-state index is 12.2. The lowest BCUT2D eigenvalue weighted by atomic mass is 9.86. The van der Waals surface area contributed by atoms with Gasteiger partial charge in [-0.2, -0.15) is 5.26 Å². The van der Waals surface area contributed by atoms with Crippen LogP contribution in [0.1, 0.15) is 26.3 Å². The number of carbonyl (C=O) groups excluding carboxylic acids is 1. The maximum absolute atomic E-state index is 12.2. The molecule has 0 spiro atoms. The standard InChI is InChI=1S/C19H25N3O/c1-19(2,3)18(23)16(14-20)13-15-5-7-17(8-6-15)22-11-9-21(4)10-12-22/h5-8,13H,9-12H2,1-4H3. The van der Waals surface area contributed by atoms with Crippen LogP contribution in [0, 0.1) is 16.7 Å². The second-order valence-corrected chi connectivity index (χ2v) is 7.13. The van der Waals surface area contributed by atoms with Gasteiger partial charge in [0.2, 0.25) is 0 Å². The molecule has 1 aliphatic heterocycles. The monoisotopic (exact) mass is 311 g/mol. The van der Waals surface area contributed by atoms with Gasteiger partial charge in [0.05, 0.1) is 5.57 Å². The first kappa shape index (κ1) is 17.2. The highest BCUT2D eigenvalue weighted by molar-refractivity contribution is 6.06. The molecular weight excluding hydrogens is 286 g/mol. The smallest absolute Gasteiger partial charge is 0.178 e. The third kappa shape index (κ3) is 4.43. The van der Waals surface area contributed by atoms with Crippen molar-refractivity contribution in [1.82, 2.24) is 4.90 Å². The summed E-state index contributed by atoms with van der Waals surface area (Å²) in [5, 5.41) is 9.25. The fraction of sp³-hybridized carbons (Fsp3) is 0.474. The molecule has 0 unspecified atom stereocenters. The minimum Gasteiger partial charge on any atom is -0.369 e. The SMILES string of the molecule is CN1CCN(c2ccc(C=C(C#N)C(=O)C(C)(C)C)cc2)CC1. The predicted molar refractivity (Wildman–Crippen MR) is 94.2 cm³/mol. The molecule has 0 N–H and O–H groups in total. The highest BCUT2D eigenvalue weighted by Crippen LogP contribution is 2.22. The number of nitriles is 1. The van der Waals surface area contributed by atoms with Gasteiger partial charge in [-0.05, 0) is 30.8 Å². The van der Waals surface area contributed by atoms with Gasteiger partial charge >= 0.3 is 0 Å². The van der Waals surface area contributed by atoms with E-state index in [0.29, 0.717) is 0 Å². The van der Waals surface area contributed by atoms with Crippen molar-refractivity contribution in [3.63, 3.8) is 0 Å². The van der Waals surface area contributed by atoms with Gasteiger partial charge in [-0.3, -0.25) is 4.79 Å². The Labute approximate surface area is 139 Å². The molecule has 4 nitrogen and oxygen atoms in total. The quantitative estimate of drug-likeness (QED) is 0.636. The molecule has 0 bridgehead atoms. The molecule has 0 atom stereocenters. The van der Waals surface area contributed by atoms with Crippen molar-refractivity contribution in [2.45, 2.75) is 20.8 Å². The van der Waals surface area contributed by atoms with Crippen molar-refractivity contribution >= 4 is 17.5 Å². The number of carbonyl (C=O) groups is 1. The molecule has 1 aromatic rings. The van der Waals surface area contributed by atoms with Gasteiger partial charge in [0.15, 0.2) is 5.78 Å². The van der Waals surface area contributed by atoms with Crippen molar-refractivity contribution < 1.29 is 4.79 Å². The van der Waals surface area contributed by atoms with Crippen LogP contribution >= 0.6 is 0 Å². The first-order valence-corrected chi connectivity index (χ1v) is 8.01. The summed E-state index contributed by atoms with van der Waals surface area (Å²) in [4.78, 5) is 16.9. The molecule has 2 rings (SSSR count). The Morgan fingerprint density at radius 2 is 1.70 bits per heavy atom. The van der Waals surface area contributed by atoms with E-state index in [-0.39, 0.29) is 11.4 Å². The van der Waals surface area contributed by atoms with E-state index >= 15 is 0 Å². The van der Waals surface area contributed by atoms with Crippen LogP contribution in [0.3, 0.4) is 0 Å². The number of ketones is 1. The Balaban J connectivity index is 2.14. The van der Waals surface area contributed by atoms with E-state index in [2.05, 4.69) is 29.0 Å². The number of nitrogens with zero attached hydrogens (tertiary/aromatic N) is 3. The molecule has 1 aromatic carbocycles. The van der Waals surface area contributed by atoms with Crippen molar-refractivity contribution in [2.75, 3.05) is 38.1 Å². The number of anilines is 1. The summed E-state index contributed by atoms with van der Waals surface area (Å²) in [5.74, 6) is -0.122. The zero-order valence-corrected chi connectivity index (χ0v) is 14.5. The lowest BCUT2D eigenvalue weighted by molar-refractivity contribution is -0.121. The van der Waals surface area contributed by atoms with Gasteiger partial charge in [0.25, 0.3) is 0 Å². The van der Waals surface area contributed by atoms with Gasteiger partial charge in [-0.25, -0.2) is 0 Å². The number of benzene rings is 1. The van der Waals surface area contributed by atoms with Crippen LogP contribution in [0.2, 0.25) is 0 Å². The predicted octanol–water partition coefficient (Wildman–Crippen LogP) is 2.96. The van der Waals surface area contributed by atoms with E-state index in [0.717, 1.165) is 31.7 Å². The summed E-state index contributed by atoms with van der Waals surface area (Å²) in [5.41, 5.74) is 1.75. The Morgan fingerprint density at radius 1 is 1.13 bits per heavy atom. The summed E-state index contributed by atoms with van der Waals surface area (Å²) in [6.07, 6.45) is 1.68. The number of allylic oxidation sites excluding steroid dienone is 1. The second-order valence-electron chi connectivity index (χ2n) is 7.13. The minimum absolute atomic E-state index is 0.122. The number of rotatable bonds is 3. The van der Waals surface area contributed by atoms with Gasteiger partial charge in [-0.1, -0.05) is 32.9 Å². The zero-order chi connectivity index (χ0) is 17.0. The fourth-order valence-corrected chi connectivity index (χ4v) is 2.57. The van der Waals surface area contributed by atoms with Crippen molar-refractivity contribution in [1.29, 1.82) is 5.26 Å². The molecule has 122 valence electrons. The Morgan fingerprint density at radius 3 is 2.17 bits per heavy atom. The lowest BCUT2D eigenvalue weighted by Gasteiger charge is -2.34. The highest BCUT2D eigenvalue weighted by Gasteiger charge is 2.24. The van der Waals surface area contributed by atoms with Gasteiger partial charge in [0.1, 0.15) is 6.07 Å². The highest BCUT2D eigenvalue weighted by atomic mass is 16.1. The van der Waals surface area contributed by atoms with Crippen LogP contribution in [0.4, 0.5) is 5.69 Å². The minimum atomic E-state index is -0.540. The fourth-order valence-electron chi connectivity index (χ4n) is 2.57. The Kier molecular flexibility index (Phi) is 5.23. The molecule has 23 heavy (non-hydrogen) atoms. The average molecular weight is 311 g/mol. The van der Waals surface area contributed by atoms with Gasteiger partial charge < -0.3 is 9.80 Å². The van der Waals surface area contributed by atoms with Crippen LogP contribution < -0.4 is 4.90 Å². The topological polar surface area (TPSA) is 47.3 Å². The summed E-state index contributed by atoms with van der Waals surface area (Å²) in [6.45, 7) is 9.68. The normalized spacial score (nSPS) is 17.0. The maximum Gasteiger partial charge on any atom is 0.178 e. The third-order valence-electron chi connectivity index (χ3n) is 4.12. The van der Waals surface area contributed by atoms with Crippen molar-refractivity contribution in [3.8, 4) is 6.07 Å². The van der Waals surface area contributed by atoms with Crippen LogP contribution in [0.25, 0.3) is 6.08 Å². The van der Waals surface area contributed by atoms with Crippen LogP contribution in [-0.4, -0.2) is 43.9 Å². The van der Waals surface area contributed by atoms with E-state index in [1.807, 2.05) is 39.0 Å². The largest absolute Gasteiger partial charge is 0.369 e. The molecule has 0 radical (unpaired) electrons. The zero-order valence-electron chi connectivity index (χ0n) is 14.5. The first-order chi connectivity index (χ1) is 10.8. The molecule has 1 heterocycles. The number of hydrogen-bond donors (Lipinski definition) is 0. The molecular formula is C19H25N3O. The van der Waals surface area contributed by atoms with E-state index in [1.165, 1.54) is 5.69 Å². The van der Waals surface area contributed by atoms with E-state index in [9.17, 15) is 10.1 Å². The van der Waals surface area contributed by atoms with Gasteiger partial charge in [-0.15, -0.1) is 0 Å². The molecule has 1 saturated heterocycles. The lowest BCUT2D eigenvalue weighted by Crippen LogP contribution is -2.44. The molecule has 4 heteroatoms. The van der Waals surface area contributed by atoms with Crippen molar-refractivity contribution in [2.24, 2.45) is 5.41 Å². The van der Waals surface area contributed by atoms with E-state index in [4.69, 9.17) is 0 Å². The van der Waals surface area contributed by atoms with Crippen molar-refractivity contribution in [3.05, 3.63) is 35.4 Å². The van der Waals surface area contributed by atoms with Gasteiger partial charge in [0, 0.05) is 37.3 Å². The summed E-state index contributed by atoms with van der Waals surface area (Å²) in [6, 6.07) is 10.1. The average Bonchev–Trinajstić information content (AvgIpc) is 2.52. The van der Waals surface area contributed by atoms with Crippen LogP contribution in [-0.2, 0) is 4.79 Å². The van der Waals surface area contributed by atoms with E-state index in [1.54, 1.807) is 6.08 Å². The molecule has 0 saturated carbocycles. The molecule has 1 aliphatic rings. The number of likely N-dealkylation sites (N-methyl/N-ethyl adjacent to an activating group) is 1. The Bertz CT molecular complexity index is 624. The summed E-state index contributed by atoms with van der Waals surface area (Å²) in [7, 11) is 2.14.